The van der Waals surface area contributed by atoms with E-state index in [4.69, 9.17) is 4.98 Å². The number of fused-ring (bicyclic) bond motifs is 1. The minimum absolute atomic E-state index is 0.0678. The van der Waals surface area contributed by atoms with E-state index in [-0.39, 0.29) is 11.8 Å². The highest BCUT2D eigenvalue weighted by atomic mass is 79.9. The molecule has 0 radical (unpaired) electrons. The summed E-state index contributed by atoms with van der Waals surface area (Å²) in [4.78, 5) is 17.0. The lowest BCUT2D eigenvalue weighted by Gasteiger charge is -2.13. The van der Waals surface area contributed by atoms with Gasteiger partial charge in [-0.3, -0.25) is 9.14 Å². The third kappa shape index (κ3) is 2.86. The van der Waals surface area contributed by atoms with Crippen LogP contribution in [0.3, 0.4) is 0 Å². The number of aryl methyl sites for hydroxylation is 1. The molecular formula is C20H15BrN4O2. The molecule has 27 heavy (non-hydrogen) atoms. The summed E-state index contributed by atoms with van der Waals surface area (Å²) < 4.78 is 3.73. The van der Waals surface area contributed by atoms with E-state index < -0.39 is 0 Å². The molecule has 134 valence electrons. The number of rotatable bonds is 3. The van der Waals surface area contributed by atoms with Gasteiger partial charge in [0.1, 0.15) is 5.56 Å². The summed E-state index contributed by atoms with van der Waals surface area (Å²) in [6, 6.07) is 19.0. The van der Waals surface area contributed by atoms with Gasteiger partial charge in [0.25, 0.3) is 5.91 Å². The van der Waals surface area contributed by atoms with E-state index >= 15 is 0 Å². The third-order valence-corrected chi connectivity index (χ3v) is 4.70. The summed E-state index contributed by atoms with van der Waals surface area (Å²) >= 11 is 2.96. The maximum Gasteiger partial charge on any atom is 0.266 e. The lowest BCUT2D eigenvalue weighted by atomic mass is 10.00. The second-order valence-corrected chi connectivity index (χ2v) is 6.41. The average molecular weight is 423 g/mol. The van der Waals surface area contributed by atoms with E-state index in [9.17, 15) is 9.90 Å². The first-order valence-corrected chi connectivity index (χ1v) is 9.05. The molecule has 0 unspecified atom stereocenters. The largest absolute Gasteiger partial charge is 0.493 e. The molecule has 0 bridgehead atoms. The van der Waals surface area contributed by atoms with Crippen LogP contribution in [0.4, 0.5) is 0 Å². The topological polar surface area (TPSA) is 79.5 Å². The number of aromatic hydroxyl groups is 1. The van der Waals surface area contributed by atoms with Crippen LogP contribution in [0.5, 0.6) is 5.88 Å². The Morgan fingerprint density at radius 2 is 1.63 bits per heavy atom. The van der Waals surface area contributed by atoms with E-state index in [2.05, 4.69) is 25.6 Å². The first-order valence-electron chi connectivity index (χ1n) is 8.26. The predicted molar refractivity (Wildman–Crippen MR) is 107 cm³/mol. The van der Waals surface area contributed by atoms with Gasteiger partial charge in [0.2, 0.25) is 5.88 Å². The Balaban J connectivity index is 2.13. The average Bonchev–Trinajstić information content (AvgIpc) is 3.05. The second kappa shape index (κ2) is 6.85. The van der Waals surface area contributed by atoms with Crippen LogP contribution in [-0.4, -0.2) is 25.6 Å². The molecule has 0 aliphatic carbocycles. The molecule has 0 saturated heterocycles. The molecule has 6 nitrogen and oxygen atoms in total. The number of amides is 1. The molecular weight excluding hydrogens is 408 g/mol. The first-order chi connectivity index (χ1) is 13.1. The highest BCUT2D eigenvalue weighted by molar-refractivity contribution is 9.08. The molecule has 1 amide bonds. The van der Waals surface area contributed by atoms with Gasteiger partial charge in [0.15, 0.2) is 5.65 Å². The minimum Gasteiger partial charge on any atom is -0.493 e. The van der Waals surface area contributed by atoms with Crippen molar-refractivity contribution in [2.24, 2.45) is 0 Å². The summed E-state index contributed by atoms with van der Waals surface area (Å²) in [6.07, 6.45) is 0. The summed E-state index contributed by atoms with van der Waals surface area (Å²) in [5.74, 6) is -0.442. The first kappa shape index (κ1) is 17.2. The Labute approximate surface area is 163 Å². The highest BCUT2D eigenvalue weighted by Gasteiger charge is 2.24. The van der Waals surface area contributed by atoms with Crippen molar-refractivity contribution in [2.75, 3.05) is 0 Å². The van der Waals surface area contributed by atoms with Gasteiger partial charge in [0, 0.05) is 21.7 Å². The van der Waals surface area contributed by atoms with Gasteiger partial charge in [0.05, 0.1) is 17.0 Å². The fourth-order valence-corrected chi connectivity index (χ4v) is 3.33. The highest BCUT2D eigenvalue weighted by Crippen LogP contribution is 2.38. The fraction of sp³-hybridized carbons (Fsp3) is 0.0500. The molecule has 7 heteroatoms. The number of nitrogens with one attached hydrogen (secondary N) is 1. The van der Waals surface area contributed by atoms with Crippen molar-refractivity contribution in [3.63, 3.8) is 0 Å². The molecule has 2 aromatic heterocycles. The van der Waals surface area contributed by atoms with Crippen molar-refractivity contribution in [2.45, 2.75) is 6.92 Å². The van der Waals surface area contributed by atoms with E-state index in [0.29, 0.717) is 28.2 Å². The van der Waals surface area contributed by atoms with Gasteiger partial charge in [-0.1, -0.05) is 60.7 Å². The fourth-order valence-electron chi connectivity index (χ4n) is 3.13. The van der Waals surface area contributed by atoms with Gasteiger partial charge in [-0.2, -0.15) is 9.61 Å². The van der Waals surface area contributed by atoms with Crippen LogP contribution in [0.15, 0.2) is 60.7 Å². The maximum atomic E-state index is 12.3. The standard InChI is InChI=1S/C20H15BrN4O2/c1-12-15(19(26)23-21)18-22-17(14-10-6-3-7-11-14)16(20(27)25(18)24-12)13-8-4-2-5-9-13/h2-11,27H,1H3,(H,23,26). The lowest BCUT2D eigenvalue weighted by Crippen LogP contribution is -2.13. The summed E-state index contributed by atoms with van der Waals surface area (Å²) in [7, 11) is 0. The Morgan fingerprint density at radius 3 is 2.22 bits per heavy atom. The van der Waals surface area contributed by atoms with Crippen LogP contribution < -0.4 is 4.34 Å². The predicted octanol–water partition coefficient (Wildman–Crippen LogP) is 4.12. The van der Waals surface area contributed by atoms with Crippen LogP contribution in [0.25, 0.3) is 28.0 Å². The SMILES string of the molecule is Cc1nn2c(O)c(-c3ccccc3)c(-c3ccccc3)nc2c1C(=O)NBr. The molecule has 2 heterocycles. The van der Waals surface area contributed by atoms with Gasteiger partial charge < -0.3 is 5.11 Å². The van der Waals surface area contributed by atoms with Crippen molar-refractivity contribution < 1.29 is 9.90 Å². The van der Waals surface area contributed by atoms with Gasteiger partial charge in [-0.15, -0.1) is 0 Å². The Bertz CT molecular complexity index is 1140. The van der Waals surface area contributed by atoms with Gasteiger partial charge in [-0.05, 0) is 12.5 Å². The number of halogens is 1. The Morgan fingerprint density at radius 1 is 1.04 bits per heavy atom. The third-order valence-electron chi connectivity index (χ3n) is 4.34. The summed E-state index contributed by atoms with van der Waals surface area (Å²) in [6.45, 7) is 1.70. The quantitative estimate of drug-likeness (QED) is 0.486. The second-order valence-electron chi connectivity index (χ2n) is 6.01. The zero-order chi connectivity index (χ0) is 19.0. The van der Waals surface area contributed by atoms with Crippen molar-refractivity contribution >= 4 is 27.7 Å². The van der Waals surface area contributed by atoms with Crippen molar-refractivity contribution in [1.29, 1.82) is 0 Å². The van der Waals surface area contributed by atoms with E-state index in [1.165, 1.54) is 4.52 Å². The zero-order valence-electron chi connectivity index (χ0n) is 14.3. The van der Waals surface area contributed by atoms with Gasteiger partial charge in [-0.25, -0.2) is 4.98 Å². The molecule has 0 saturated carbocycles. The van der Waals surface area contributed by atoms with E-state index in [0.717, 1.165) is 11.1 Å². The van der Waals surface area contributed by atoms with Crippen molar-refractivity contribution in [3.8, 4) is 28.3 Å². The molecule has 2 aromatic carbocycles. The lowest BCUT2D eigenvalue weighted by molar-refractivity contribution is 0.0987. The Hall–Kier alpha value is -3.19. The molecule has 2 N–H and O–H groups in total. The molecule has 0 aliphatic rings. The zero-order valence-corrected chi connectivity index (χ0v) is 15.9. The molecule has 0 fully saturated rings. The maximum absolute atomic E-state index is 12.3. The van der Waals surface area contributed by atoms with Crippen LogP contribution in [0, 0.1) is 6.92 Å². The molecule has 4 aromatic rings. The number of carbonyl (C=O) groups is 1. The molecule has 0 spiro atoms. The summed E-state index contributed by atoms with van der Waals surface area (Å²) in [5.41, 5.74) is 3.84. The molecule has 0 aliphatic heterocycles. The van der Waals surface area contributed by atoms with Crippen LogP contribution in [0.2, 0.25) is 0 Å². The van der Waals surface area contributed by atoms with Crippen molar-refractivity contribution in [3.05, 3.63) is 71.9 Å². The van der Waals surface area contributed by atoms with Crippen LogP contribution >= 0.6 is 16.1 Å². The van der Waals surface area contributed by atoms with E-state index in [1.54, 1.807) is 6.92 Å². The smallest absolute Gasteiger partial charge is 0.266 e. The minimum atomic E-state index is -0.374. The number of nitrogens with zero attached hydrogens (tertiary/aromatic N) is 3. The Kier molecular flexibility index (Phi) is 4.37. The van der Waals surface area contributed by atoms with Crippen molar-refractivity contribution in [1.82, 2.24) is 18.9 Å². The van der Waals surface area contributed by atoms with Crippen LogP contribution in [-0.2, 0) is 0 Å². The number of hydrogen-bond acceptors (Lipinski definition) is 4. The number of benzene rings is 2. The summed E-state index contributed by atoms with van der Waals surface area (Å²) in [5, 5.41) is 15.4. The number of hydrogen-bond donors (Lipinski definition) is 2. The molecule has 0 atom stereocenters. The van der Waals surface area contributed by atoms with Crippen LogP contribution in [0.1, 0.15) is 16.1 Å². The number of carbonyl (C=O) groups excluding carboxylic acids is 1. The van der Waals surface area contributed by atoms with Gasteiger partial charge >= 0.3 is 0 Å². The van der Waals surface area contributed by atoms with E-state index in [1.807, 2.05) is 60.7 Å². The number of aromatic nitrogens is 3. The monoisotopic (exact) mass is 422 g/mol. The molecule has 4 rings (SSSR count). The normalized spacial score (nSPS) is 10.9.